The van der Waals surface area contributed by atoms with Crippen molar-refractivity contribution in [3.63, 3.8) is 0 Å². The van der Waals surface area contributed by atoms with E-state index in [4.69, 9.17) is 33.0 Å². The van der Waals surface area contributed by atoms with Gasteiger partial charge < -0.3 is 9.84 Å². The van der Waals surface area contributed by atoms with Crippen LogP contribution in [0.3, 0.4) is 0 Å². The van der Waals surface area contributed by atoms with Gasteiger partial charge >= 0.3 is 5.97 Å². The zero-order valence-corrected chi connectivity index (χ0v) is 13.5. The summed E-state index contributed by atoms with van der Waals surface area (Å²) in [4.78, 5) is 33.5. The van der Waals surface area contributed by atoms with E-state index in [1.807, 2.05) is 5.43 Å². The van der Waals surface area contributed by atoms with Gasteiger partial charge in [-0.15, -0.1) is 0 Å². The summed E-state index contributed by atoms with van der Waals surface area (Å²) in [5.41, 5.74) is 4.16. The lowest BCUT2D eigenvalue weighted by atomic mass is 10.2. The van der Waals surface area contributed by atoms with Crippen LogP contribution in [0.25, 0.3) is 0 Å². The number of aliphatic carboxylic acids is 1. The molecule has 1 atom stereocenters. The Kier molecular flexibility index (Phi) is 7.37. The maximum atomic E-state index is 12.0. The highest BCUT2D eigenvalue weighted by Crippen LogP contribution is 2.28. The molecule has 0 saturated heterocycles. The summed E-state index contributed by atoms with van der Waals surface area (Å²) < 4.78 is 5.48. The highest BCUT2D eigenvalue weighted by Gasteiger charge is 2.20. The minimum absolute atomic E-state index is 0.235. The molecular weight excluding hydrogens is 347 g/mol. The number of carbonyl (C=O) groups excluding carboxylic acids is 2. The first-order chi connectivity index (χ1) is 10.8. The third-order valence-electron chi connectivity index (χ3n) is 2.51. The molecule has 124 valence electrons. The van der Waals surface area contributed by atoms with Gasteiger partial charge in [-0.25, -0.2) is 4.79 Å². The van der Waals surface area contributed by atoms with Crippen LogP contribution in [0.15, 0.2) is 30.4 Å². The number of rotatable bonds is 6. The van der Waals surface area contributed by atoms with E-state index in [2.05, 4.69) is 5.43 Å². The third-order valence-corrected chi connectivity index (χ3v) is 3.06. The van der Waals surface area contributed by atoms with Crippen molar-refractivity contribution in [1.29, 1.82) is 0 Å². The predicted molar refractivity (Wildman–Crippen MR) is 84.2 cm³/mol. The van der Waals surface area contributed by atoms with Crippen molar-refractivity contribution in [3.8, 4) is 5.75 Å². The minimum atomic E-state index is -1.28. The Balaban J connectivity index is 2.63. The Bertz CT molecular complexity index is 634. The lowest BCUT2D eigenvalue weighted by Gasteiger charge is -2.18. The highest BCUT2D eigenvalue weighted by atomic mass is 35.5. The van der Waals surface area contributed by atoms with Crippen LogP contribution < -0.4 is 15.6 Å². The van der Waals surface area contributed by atoms with Crippen LogP contribution in [0.2, 0.25) is 10.0 Å². The molecule has 0 aliphatic rings. The molecule has 3 N–H and O–H groups in total. The molecule has 0 radical (unpaired) electrons. The number of carboxylic acids is 1. The number of benzene rings is 1. The van der Waals surface area contributed by atoms with Gasteiger partial charge in [0, 0.05) is 23.2 Å². The molecule has 0 aromatic heterocycles. The van der Waals surface area contributed by atoms with Crippen molar-refractivity contribution < 1.29 is 24.2 Å². The van der Waals surface area contributed by atoms with Gasteiger partial charge in [0.2, 0.25) is 0 Å². The van der Waals surface area contributed by atoms with Crippen LogP contribution in [0, 0.1) is 0 Å². The fourth-order valence-corrected chi connectivity index (χ4v) is 1.76. The fourth-order valence-electron chi connectivity index (χ4n) is 1.44. The zero-order chi connectivity index (χ0) is 17.4. The average molecular weight is 361 g/mol. The second-order valence-electron chi connectivity index (χ2n) is 4.24. The van der Waals surface area contributed by atoms with Crippen molar-refractivity contribution in [2.75, 3.05) is 0 Å². The number of hydrogen-bond acceptors (Lipinski definition) is 4. The van der Waals surface area contributed by atoms with Crippen LogP contribution >= 0.6 is 23.2 Å². The first-order valence-corrected chi connectivity index (χ1v) is 7.21. The molecule has 0 saturated carbocycles. The number of carbonyl (C=O) groups is 3. The van der Waals surface area contributed by atoms with Crippen LogP contribution in [-0.2, 0) is 14.4 Å². The third kappa shape index (κ3) is 6.58. The lowest BCUT2D eigenvalue weighted by molar-refractivity contribution is -0.132. The van der Waals surface area contributed by atoms with Crippen LogP contribution in [-0.4, -0.2) is 29.0 Å². The predicted octanol–water partition coefficient (Wildman–Crippen LogP) is 1.94. The molecule has 1 aromatic rings. The molecule has 7 nitrogen and oxygen atoms in total. The highest BCUT2D eigenvalue weighted by molar-refractivity contribution is 6.34. The van der Waals surface area contributed by atoms with Crippen molar-refractivity contribution in [2.45, 2.75) is 19.4 Å². The monoisotopic (exact) mass is 360 g/mol. The molecule has 0 aliphatic carbocycles. The molecule has 0 heterocycles. The zero-order valence-electron chi connectivity index (χ0n) is 12.0. The quantitative estimate of drug-likeness (QED) is 0.531. The summed E-state index contributed by atoms with van der Waals surface area (Å²) in [5.74, 6) is -2.47. The van der Waals surface area contributed by atoms with Crippen LogP contribution in [0.1, 0.15) is 13.3 Å². The average Bonchev–Trinajstić information content (AvgIpc) is 2.51. The Morgan fingerprint density at radius 1 is 1.26 bits per heavy atom. The molecule has 0 unspecified atom stereocenters. The molecule has 1 rings (SSSR count). The van der Waals surface area contributed by atoms with Crippen molar-refractivity contribution >= 4 is 41.0 Å². The number of hydrazine groups is 1. The molecular formula is C14H14Cl2N2O5. The number of carboxylic acid groups (broad SMARTS) is 1. The van der Waals surface area contributed by atoms with E-state index in [0.717, 1.165) is 6.08 Å². The van der Waals surface area contributed by atoms with E-state index in [1.165, 1.54) is 12.1 Å². The number of hydrogen-bond donors (Lipinski definition) is 3. The SMILES string of the molecule is CC[C@H](Oc1cc(Cl)ccc1Cl)C(=O)NNC(=O)/C=C\C(=O)O. The van der Waals surface area contributed by atoms with Gasteiger partial charge in [0.05, 0.1) is 5.02 Å². The summed E-state index contributed by atoms with van der Waals surface area (Å²) in [6.45, 7) is 1.70. The van der Waals surface area contributed by atoms with Gasteiger partial charge in [0.25, 0.3) is 11.8 Å². The Hall–Kier alpha value is -2.25. The van der Waals surface area contributed by atoms with E-state index in [1.54, 1.807) is 13.0 Å². The Morgan fingerprint density at radius 2 is 1.96 bits per heavy atom. The molecule has 0 spiro atoms. The largest absolute Gasteiger partial charge is 0.479 e. The molecule has 0 fully saturated rings. The minimum Gasteiger partial charge on any atom is -0.479 e. The first-order valence-electron chi connectivity index (χ1n) is 6.46. The topological polar surface area (TPSA) is 105 Å². The van der Waals surface area contributed by atoms with Crippen molar-refractivity contribution in [2.24, 2.45) is 0 Å². The standard InChI is InChI=1S/C14H14Cl2N2O5/c1-2-10(23-11-7-8(15)3-4-9(11)16)14(22)18-17-12(19)5-6-13(20)21/h3-7,10H,2H2,1H3,(H,17,19)(H,18,22)(H,20,21)/b6-5-/t10-/m0/s1. The Labute approximate surface area is 142 Å². The molecule has 9 heteroatoms. The number of halogens is 2. The fraction of sp³-hybridized carbons (Fsp3) is 0.214. The van der Waals surface area contributed by atoms with Crippen molar-refractivity contribution in [1.82, 2.24) is 10.9 Å². The Morgan fingerprint density at radius 3 is 2.57 bits per heavy atom. The molecule has 0 aliphatic heterocycles. The van der Waals surface area contributed by atoms with Gasteiger partial charge in [-0.2, -0.15) is 0 Å². The van der Waals surface area contributed by atoms with Gasteiger partial charge in [0.1, 0.15) is 5.75 Å². The molecule has 0 bridgehead atoms. The van der Waals surface area contributed by atoms with E-state index in [0.29, 0.717) is 17.5 Å². The second-order valence-corrected chi connectivity index (χ2v) is 5.08. The molecule has 23 heavy (non-hydrogen) atoms. The second kappa shape index (κ2) is 9.02. The number of ether oxygens (including phenoxy) is 1. The van der Waals surface area contributed by atoms with Gasteiger partial charge in [-0.05, 0) is 18.6 Å². The van der Waals surface area contributed by atoms with Gasteiger partial charge in [-0.3, -0.25) is 20.4 Å². The number of amides is 2. The van der Waals surface area contributed by atoms with Gasteiger partial charge in [0.15, 0.2) is 6.10 Å². The summed E-state index contributed by atoms with van der Waals surface area (Å²) in [6, 6.07) is 4.57. The smallest absolute Gasteiger partial charge is 0.328 e. The summed E-state index contributed by atoms with van der Waals surface area (Å²) >= 11 is 11.8. The van der Waals surface area contributed by atoms with Crippen LogP contribution in [0.5, 0.6) is 5.75 Å². The van der Waals surface area contributed by atoms with E-state index < -0.39 is 23.9 Å². The first kappa shape index (κ1) is 18.8. The number of nitrogens with one attached hydrogen (secondary N) is 2. The molecule has 1 aromatic carbocycles. The summed E-state index contributed by atoms with van der Waals surface area (Å²) in [7, 11) is 0. The van der Waals surface area contributed by atoms with E-state index in [-0.39, 0.29) is 10.8 Å². The molecule has 2 amide bonds. The van der Waals surface area contributed by atoms with E-state index >= 15 is 0 Å². The van der Waals surface area contributed by atoms with Crippen LogP contribution in [0.4, 0.5) is 0 Å². The van der Waals surface area contributed by atoms with Gasteiger partial charge in [-0.1, -0.05) is 30.1 Å². The van der Waals surface area contributed by atoms with Crippen molar-refractivity contribution in [3.05, 3.63) is 40.4 Å². The normalized spacial score (nSPS) is 11.8. The lowest BCUT2D eigenvalue weighted by Crippen LogP contribution is -2.47. The summed E-state index contributed by atoms with van der Waals surface area (Å²) in [6.07, 6.45) is 0.782. The maximum Gasteiger partial charge on any atom is 0.328 e. The summed E-state index contributed by atoms with van der Waals surface area (Å²) in [5, 5.41) is 9.06. The maximum absolute atomic E-state index is 12.0. The van der Waals surface area contributed by atoms with E-state index in [9.17, 15) is 14.4 Å².